The van der Waals surface area contributed by atoms with E-state index in [0.29, 0.717) is 17.9 Å². The number of hydrogen-bond donors (Lipinski definition) is 2. The van der Waals surface area contributed by atoms with Crippen LogP contribution in [0.1, 0.15) is 30.9 Å². The highest BCUT2D eigenvalue weighted by Gasteiger charge is 2.17. The molecule has 0 aliphatic rings. The van der Waals surface area contributed by atoms with Crippen molar-refractivity contribution >= 4 is 29.6 Å². The molecule has 108 valence electrons. The van der Waals surface area contributed by atoms with Gasteiger partial charge in [0, 0.05) is 11.1 Å². The summed E-state index contributed by atoms with van der Waals surface area (Å²) in [5.74, 6) is -1.45. The number of carbonyl (C=O) groups is 2. The van der Waals surface area contributed by atoms with Crippen molar-refractivity contribution in [3.05, 3.63) is 40.4 Å². The molecule has 0 saturated carbocycles. The molecule has 1 atom stereocenters. The van der Waals surface area contributed by atoms with Gasteiger partial charge in [-0.15, -0.1) is 0 Å². The first kappa shape index (κ1) is 16.2. The lowest BCUT2D eigenvalue weighted by Gasteiger charge is -2.11. The van der Waals surface area contributed by atoms with Gasteiger partial charge in [-0.25, -0.2) is 4.79 Å². The van der Waals surface area contributed by atoms with Crippen LogP contribution >= 0.6 is 11.6 Å². The predicted molar refractivity (Wildman–Crippen MR) is 79.7 cm³/mol. The number of hydrogen-bond acceptors (Lipinski definition) is 2. The molecule has 2 N–H and O–H groups in total. The van der Waals surface area contributed by atoms with E-state index >= 15 is 0 Å². The maximum Gasteiger partial charge on any atom is 0.326 e. The summed E-state index contributed by atoms with van der Waals surface area (Å²) in [5, 5.41) is 12.0. The molecule has 0 fully saturated rings. The summed E-state index contributed by atoms with van der Waals surface area (Å²) in [6, 6.07) is 4.60. The maximum absolute atomic E-state index is 11.7. The molecule has 0 heterocycles. The fourth-order valence-electron chi connectivity index (χ4n) is 1.65. The molecule has 1 aromatic carbocycles. The fourth-order valence-corrected chi connectivity index (χ4v) is 1.84. The van der Waals surface area contributed by atoms with Gasteiger partial charge in [0.25, 0.3) is 0 Å². The van der Waals surface area contributed by atoms with Gasteiger partial charge in [-0.3, -0.25) is 4.79 Å². The first-order valence-corrected chi connectivity index (χ1v) is 6.79. The van der Waals surface area contributed by atoms with Crippen LogP contribution in [-0.4, -0.2) is 23.0 Å². The van der Waals surface area contributed by atoms with E-state index in [4.69, 9.17) is 16.7 Å². The van der Waals surface area contributed by atoms with Crippen LogP contribution in [0.5, 0.6) is 0 Å². The van der Waals surface area contributed by atoms with E-state index < -0.39 is 17.9 Å². The van der Waals surface area contributed by atoms with Gasteiger partial charge in [-0.05, 0) is 36.6 Å². The van der Waals surface area contributed by atoms with Gasteiger partial charge in [0.15, 0.2) is 0 Å². The molecular weight excluding hydrogens is 278 g/mol. The lowest BCUT2D eigenvalue weighted by atomic mass is 10.1. The quantitative estimate of drug-likeness (QED) is 0.793. The summed E-state index contributed by atoms with van der Waals surface area (Å²) in [6.07, 6.45) is 4.01. The van der Waals surface area contributed by atoms with Crippen LogP contribution in [-0.2, 0) is 9.59 Å². The minimum Gasteiger partial charge on any atom is -0.480 e. The lowest BCUT2D eigenvalue weighted by molar-refractivity contribution is -0.141. The molecule has 0 aromatic heterocycles. The standard InChI is InChI=1S/C15H18ClNO3/c1-3-4-13(15(19)20)17-14(18)8-7-11-6-5-10(2)12(16)9-11/h5-9,13H,3-4H2,1-2H3,(H,17,18)(H,19,20)/b8-7+/t13-/m1/s1. The number of aryl methyl sites for hydroxylation is 1. The zero-order chi connectivity index (χ0) is 15.1. The Hall–Kier alpha value is -1.81. The molecule has 0 aliphatic heterocycles. The van der Waals surface area contributed by atoms with Crippen molar-refractivity contribution in [3.63, 3.8) is 0 Å². The molecule has 5 heteroatoms. The van der Waals surface area contributed by atoms with Crippen molar-refractivity contribution in [1.29, 1.82) is 0 Å². The molecular formula is C15H18ClNO3. The van der Waals surface area contributed by atoms with Crippen LogP contribution in [0.3, 0.4) is 0 Å². The molecule has 1 aromatic rings. The molecule has 0 saturated heterocycles. The highest BCUT2D eigenvalue weighted by molar-refractivity contribution is 6.31. The first-order valence-electron chi connectivity index (χ1n) is 6.41. The van der Waals surface area contributed by atoms with Crippen molar-refractivity contribution in [1.82, 2.24) is 5.32 Å². The summed E-state index contributed by atoms with van der Waals surface area (Å²) in [5.41, 5.74) is 1.75. The summed E-state index contributed by atoms with van der Waals surface area (Å²) < 4.78 is 0. The average molecular weight is 296 g/mol. The van der Waals surface area contributed by atoms with Crippen molar-refractivity contribution in [2.24, 2.45) is 0 Å². The molecule has 4 nitrogen and oxygen atoms in total. The zero-order valence-electron chi connectivity index (χ0n) is 11.5. The molecule has 0 spiro atoms. The number of halogens is 1. The SMILES string of the molecule is CCC[C@@H](NC(=O)/C=C/c1ccc(C)c(Cl)c1)C(=O)O. The number of rotatable bonds is 6. The van der Waals surface area contributed by atoms with Gasteiger partial charge in [0.2, 0.25) is 5.91 Å². The van der Waals surface area contributed by atoms with Crippen molar-refractivity contribution in [2.45, 2.75) is 32.7 Å². The second-order valence-corrected chi connectivity index (χ2v) is 4.94. The van der Waals surface area contributed by atoms with Crippen LogP contribution in [0.4, 0.5) is 0 Å². The number of nitrogens with one attached hydrogen (secondary N) is 1. The Morgan fingerprint density at radius 1 is 1.45 bits per heavy atom. The van der Waals surface area contributed by atoms with Crippen molar-refractivity contribution < 1.29 is 14.7 Å². The molecule has 20 heavy (non-hydrogen) atoms. The fraction of sp³-hybridized carbons (Fsp3) is 0.333. The van der Waals surface area contributed by atoms with Gasteiger partial charge in [-0.2, -0.15) is 0 Å². The third-order valence-corrected chi connectivity index (χ3v) is 3.22. The largest absolute Gasteiger partial charge is 0.480 e. The van der Waals surface area contributed by atoms with E-state index in [-0.39, 0.29) is 0 Å². The highest BCUT2D eigenvalue weighted by atomic mass is 35.5. The summed E-state index contributed by atoms with van der Waals surface area (Å²) in [6.45, 7) is 3.76. The van der Waals surface area contributed by atoms with E-state index in [1.54, 1.807) is 12.1 Å². The van der Waals surface area contributed by atoms with Crippen LogP contribution in [0.25, 0.3) is 6.08 Å². The van der Waals surface area contributed by atoms with E-state index in [2.05, 4.69) is 5.32 Å². The smallest absolute Gasteiger partial charge is 0.326 e. The first-order chi connectivity index (χ1) is 9.43. The number of carboxylic acid groups (broad SMARTS) is 1. The Morgan fingerprint density at radius 3 is 2.70 bits per heavy atom. The third-order valence-electron chi connectivity index (χ3n) is 2.81. The lowest BCUT2D eigenvalue weighted by Crippen LogP contribution is -2.39. The topological polar surface area (TPSA) is 66.4 Å². The number of carboxylic acids is 1. The monoisotopic (exact) mass is 295 g/mol. The Balaban J connectivity index is 2.67. The Morgan fingerprint density at radius 2 is 2.15 bits per heavy atom. The van der Waals surface area contributed by atoms with Crippen LogP contribution in [0, 0.1) is 6.92 Å². The van der Waals surface area contributed by atoms with Gasteiger partial charge in [0.1, 0.15) is 6.04 Å². The molecule has 1 rings (SSSR count). The van der Waals surface area contributed by atoms with Crippen molar-refractivity contribution in [3.8, 4) is 0 Å². The molecule has 1 amide bonds. The van der Waals surface area contributed by atoms with Crippen molar-refractivity contribution in [2.75, 3.05) is 0 Å². The molecule has 0 aliphatic carbocycles. The second-order valence-electron chi connectivity index (χ2n) is 4.53. The maximum atomic E-state index is 11.7. The van der Waals surface area contributed by atoms with E-state index in [1.807, 2.05) is 26.0 Å². The van der Waals surface area contributed by atoms with E-state index in [1.165, 1.54) is 6.08 Å². The summed E-state index contributed by atoms with van der Waals surface area (Å²) >= 11 is 5.98. The highest BCUT2D eigenvalue weighted by Crippen LogP contribution is 2.17. The van der Waals surface area contributed by atoms with Crippen LogP contribution < -0.4 is 5.32 Å². The minimum absolute atomic E-state index is 0.408. The minimum atomic E-state index is -1.02. The molecule has 0 unspecified atom stereocenters. The average Bonchev–Trinajstić information content (AvgIpc) is 2.39. The number of aliphatic carboxylic acids is 1. The van der Waals surface area contributed by atoms with Gasteiger partial charge in [-0.1, -0.05) is 37.1 Å². The van der Waals surface area contributed by atoms with Crippen LogP contribution in [0.2, 0.25) is 5.02 Å². The van der Waals surface area contributed by atoms with E-state index in [0.717, 1.165) is 11.1 Å². The Labute approximate surface area is 123 Å². The molecule has 0 bridgehead atoms. The number of carbonyl (C=O) groups excluding carboxylic acids is 1. The molecule has 0 radical (unpaired) electrons. The Bertz CT molecular complexity index is 526. The summed E-state index contributed by atoms with van der Waals surface area (Å²) in [7, 11) is 0. The second kappa shape index (κ2) is 7.70. The predicted octanol–water partition coefficient (Wildman–Crippen LogP) is 3.03. The van der Waals surface area contributed by atoms with Gasteiger partial charge >= 0.3 is 5.97 Å². The van der Waals surface area contributed by atoms with Gasteiger partial charge < -0.3 is 10.4 Å². The number of benzene rings is 1. The summed E-state index contributed by atoms with van der Waals surface area (Å²) in [4.78, 5) is 22.6. The normalized spacial score (nSPS) is 12.3. The van der Waals surface area contributed by atoms with Gasteiger partial charge in [0.05, 0.1) is 0 Å². The third kappa shape index (κ3) is 5.05. The van der Waals surface area contributed by atoms with Crippen LogP contribution in [0.15, 0.2) is 24.3 Å². The Kier molecular flexibility index (Phi) is 6.25. The zero-order valence-corrected chi connectivity index (χ0v) is 12.3. The van der Waals surface area contributed by atoms with E-state index in [9.17, 15) is 9.59 Å². The number of amides is 1.